The highest BCUT2D eigenvalue weighted by Crippen LogP contribution is 2.12. The number of benzene rings is 1. The van der Waals surface area contributed by atoms with Crippen molar-refractivity contribution in [2.24, 2.45) is 0 Å². The molecule has 2 N–H and O–H groups in total. The van der Waals surface area contributed by atoms with Crippen molar-refractivity contribution in [2.45, 2.75) is 26.2 Å². The summed E-state index contributed by atoms with van der Waals surface area (Å²) in [7, 11) is 1.64. The van der Waals surface area contributed by atoms with E-state index in [9.17, 15) is 9.59 Å². The van der Waals surface area contributed by atoms with Gasteiger partial charge in [0, 0.05) is 26.4 Å². The Bertz CT molecular complexity index is 429. The van der Waals surface area contributed by atoms with Gasteiger partial charge in [-0.25, -0.2) is 0 Å². The van der Waals surface area contributed by atoms with Gasteiger partial charge in [0.05, 0.1) is 7.11 Å². The van der Waals surface area contributed by atoms with E-state index < -0.39 is 0 Å². The van der Waals surface area contributed by atoms with Gasteiger partial charge in [-0.1, -0.05) is 12.1 Å². The molecule has 0 spiro atoms. The third kappa shape index (κ3) is 6.78. The number of ether oxygens (including phenoxy) is 1. The molecule has 0 bridgehead atoms. The molecule has 1 aromatic carbocycles. The van der Waals surface area contributed by atoms with Crippen molar-refractivity contribution in [3.05, 3.63) is 29.8 Å². The fourth-order valence-electron chi connectivity index (χ4n) is 1.75. The van der Waals surface area contributed by atoms with Crippen molar-refractivity contribution in [1.29, 1.82) is 0 Å². The Morgan fingerprint density at radius 1 is 1.10 bits per heavy atom. The zero-order valence-corrected chi connectivity index (χ0v) is 12.1. The van der Waals surface area contributed by atoms with Gasteiger partial charge in [-0.05, 0) is 30.5 Å². The van der Waals surface area contributed by atoms with Crippen LogP contribution in [0.1, 0.15) is 25.3 Å². The van der Waals surface area contributed by atoms with Crippen molar-refractivity contribution >= 4 is 11.8 Å². The Balaban J connectivity index is 2.11. The van der Waals surface area contributed by atoms with Gasteiger partial charge in [0.15, 0.2) is 0 Å². The number of amides is 2. The maximum Gasteiger partial charge on any atom is 0.221 e. The first kappa shape index (κ1) is 16.0. The Hall–Kier alpha value is -2.04. The SMILES string of the molecule is COc1ccc(CCCNC(=O)CCNC(C)=O)cc1. The van der Waals surface area contributed by atoms with E-state index in [2.05, 4.69) is 10.6 Å². The highest BCUT2D eigenvalue weighted by atomic mass is 16.5. The van der Waals surface area contributed by atoms with Gasteiger partial charge in [-0.2, -0.15) is 0 Å². The second kappa shape index (κ2) is 8.96. The summed E-state index contributed by atoms with van der Waals surface area (Å²) in [6.07, 6.45) is 2.12. The van der Waals surface area contributed by atoms with Crippen molar-refractivity contribution in [3.63, 3.8) is 0 Å². The molecule has 2 amide bonds. The molecular formula is C15H22N2O3. The quantitative estimate of drug-likeness (QED) is 0.704. The van der Waals surface area contributed by atoms with Crippen LogP contribution in [0.5, 0.6) is 5.75 Å². The van der Waals surface area contributed by atoms with E-state index >= 15 is 0 Å². The van der Waals surface area contributed by atoms with Crippen molar-refractivity contribution in [3.8, 4) is 5.75 Å². The number of hydrogen-bond donors (Lipinski definition) is 2. The first-order valence-electron chi connectivity index (χ1n) is 6.76. The first-order valence-corrected chi connectivity index (χ1v) is 6.76. The predicted molar refractivity (Wildman–Crippen MR) is 77.6 cm³/mol. The molecule has 20 heavy (non-hydrogen) atoms. The molecule has 110 valence electrons. The molecule has 0 saturated heterocycles. The topological polar surface area (TPSA) is 67.4 Å². The van der Waals surface area contributed by atoms with E-state index in [1.807, 2.05) is 24.3 Å². The summed E-state index contributed by atoms with van der Waals surface area (Å²) in [6, 6.07) is 7.91. The van der Waals surface area contributed by atoms with Crippen LogP contribution in [-0.4, -0.2) is 32.0 Å². The fraction of sp³-hybridized carbons (Fsp3) is 0.467. The normalized spacial score (nSPS) is 9.90. The van der Waals surface area contributed by atoms with Gasteiger partial charge in [0.2, 0.25) is 11.8 Å². The van der Waals surface area contributed by atoms with Gasteiger partial charge in [0.1, 0.15) is 5.75 Å². The van der Waals surface area contributed by atoms with Crippen LogP contribution >= 0.6 is 0 Å². The van der Waals surface area contributed by atoms with E-state index in [1.54, 1.807) is 7.11 Å². The molecule has 0 aliphatic heterocycles. The van der Waals surface area contributed by atoms with Gasteiger partial charge in [0.25, 0.3) is 0 Å². The minimum absolute atomic E-state index is 0.0338. The number of nitrogens with one attached hydrogen (secondary N) is 2. The molecule has 5 nitrogen and oxygen atoms in total. The molecule has 1 aromatic rings. The van der Waals surface area contributed by atoms with Crippen LogP contribution in [0.25, 0.3) is 0 Å². The second-order valence-electron chi connectivity index (χ2n) is 4.53. The maximum absolute atomic E-state index is 11.4. The lowest BCUT2D eigenvalue weighted by atomic mass is 10.1. The minimum atomic E-state index is -0.114. The van der Waals surface area contributed by atoms with E-state index in [4.69, 9.17) is 4.74 Å². The Kier molecular flexibility index (Phi) is 7.17. The van der Waals surface area contributed by atoms with Crippen molar-refractivity contribution in [1.82, 2.24) is 10.6 Å². The summed E-state index contributed by atoms with van der Waals surface area (Å²) in [4.78, 5) is 22.1. The monoisotopic (exact) mass is 278 g/mol. The molecule has 0 aliphatic carbocycles. The number of rotatable bonds is 8. The average molecular weight is 278 g/mol. The summed E-state index contributed by atoms with van der Waals surface area (Å²) >= 11 is 0. The number of carbonyl (C=O) groups excluding carboxylic acids is 2. The molecule has 0 unspecified atom stereocenters. The molecule has 0 radical (unpaired) electrons. The Labute approximate surface area is 119 Å². The smallest absolute Gasteiger partial charge is 0.221 e. The molecule has 1 rings (SSSR count). The highest BCUT2D eigenvalue weighted by molar-refractivity contribution is 5.77. The summed E-state index contributed by atoms with van der Waals surface area (Å²) in [5.41, 5.74) is 1.22. The van der Waals surface area contributed by atoms with Gasteiger partial charge in [-0.3, -0.25) is 9.59 Å². The lowest BCUT2D eigenvalue weighted by Crippen LogP contribution is -2.30. The van der Waals surface area contributed by atoms with Crippen LogP contribution in [0.3, 0.4) is 0 Å². The number of hydrogen-bond acceptors (Lipinski definition) is 3. The molecule has 0 saturated carbocycles. The first-order chi connectivity index (χ1) is 9.61. The lowest BCUT2D eigenvalue weighted by Gasteiger charge is -2.06. The maximum atomic E-state index is 11.4. The van der Waals surface area contributed by atoms with Crippen molar-refractivity contribution in [2.75, 3.05) is 20.2 Å². The Morgan fingerprint density at radius 2 is 1.80 bits per heavy atom. The van der Waals surface area contributed by atoms with E-state index in [-0.39, 0.29) is 11.8 Å². The van der Waals surface area contributed by atoms with Gasteiger partial charge in [-0.15, -0.1) is 0 Å². The zero-order valence-electron chi connectivity index (χ0n) is 12.1. The predicted octanol–water partition coefficient (Wildman–Crippen LogP) is 1.27. The average Bonchev–Trinajstić information content (AvgIpc) is 2.44. The second-order valence-corrected chi connectivity index (χ2v) is 4.53. The third-order valence-corrected chi connectivity index (χ3v) is 2.85. The molecule has 0 atom stereocenters. The standard InChI is InChI=1S/C15H22N2O3/c1-12(18)16-11-9-15(19)17-10-3-4-13-5-7-14(20-2)8-6-13/h5-8H,3-4,9-11H2,1-2H3,(H,16,18)(H,17,19). The van der Waals surface area contributed by atoms with Crippen LogP contribution in [0, 0.1) is 0 Å². The highest BCUT2D eigenvalue weighted by Gasteiger charge is 2.01. The zero-order chi connectivity index (χ0) is 14.8. The van der Waals surface area contributed by atoms with Crippen LogP contribution in [-0.2, 0) is 16.0 Å². The molecular weight excluding hydrogens is 256 g/mol. The number of aryl methyl sites for hydroxylation is 1. The summed E-state index contributed by atoms with van der Waals surface area (Å²) in [6.45, 7) is 2.47. The van der Waals surface area contributed by atoms with E-state index in [1.165, 1.54) is 12.5 Å². The van der Waals surface area contributed by atoms with Crippen LogP contribution in [0.2, 0.25) is 0 Å². The van der Waals surface area contributed by atoms with Gasteiger partial charge < -0.3 is 15.4 Å². The fourth-order valence-corrected chi connectivity index (χ4v) is 1.75. The molecule has 0 aliphatic rings. The van der Waals surface area contributed by atoms with E-state index in [0.29, 0.717) is 19.5 Å². The van der Waals surface area contributed by atoms with E-state index in [0.717, 1.165) is 18.6 Å². The number of methoxy groups -OCH3 is 1. The largest absolute Gasteiger partial charge is 0.497 e. The van der Waals surface area contributed by atoms with Gasteiger partial charge >= 0.3 is 0 Å². The minimum Gasteiger partial charge on any atom is -0.497 e. The van der Waals surface area contributed by atoms with Crippen LogP contribution < -0.4 is 15.4 Å². The number of carbonyl (C=O) groups is 2. The lowest BCUT2D eigenvalue weighted by molar-refractivity contribution is -0.121. The Morgan fingerprint density at radius 3 is 2.40 bits per heavy atom. The summed E-state index contributed by atoms with van der Waals surface area (Å²) < 4.78 is 5.09. The van der Waals surface area contributed by atoms with Crippen LogP contribution in [0.4, 0.5) is 0 Å². The molecule has 5 heteroatoms. The summed E-state index contributed by atoms with van der Waals surface area (Å²) in [5, 5.41) is 5.43. The summed E-state index contributed by atoms with van der Waals surface area (Å²) in [5.74, 6) is 0.700. The third-order valence-electron chi connectivity index (χ3n) is 2.85. The molecule has 0 heterocycles. The van der Waals surface area contributed by atoms with Crippen LogP contribution in [0.15, 0.2) is 24.3 Å². The van der Waals surface area contributed by atoms with Crippen molar-refractivity contribution < 1.29 is 14.3 Å². The molecule has 0 aromatic heterocycles. The molecule has 0 fully saturated rings.